The first-order chi connectivity index (χ1) is 16.0. The summed E-state index contributed by atoms with van der Waals surface area (Å²) in [5.74, 6) is -0.971. The van der Waals surface area contributed by atoms with Crippen molar-refractivity contribution < 1.29 is 24.2 Å². The molecule has 0 aliphatic heterocycles. The molecular weight excluding hydrogens is 472 g/mol. The van der Waals surface area contributed by atoms with Gasteiger partial charge in [0.15, 0.2) is 0 Å². The number of ether oxygens (including phenoxy) is 2. The van der Waals surface area contributed by atoms with Crippen LogP contribution in [0.2, 0.25) is 0 Å². The van der Waals surface area contributed by atoms with Crippen LogP contribution in [0.5, 0.6) is 0 Å². The Morgan fingerprint density at radius 3 is 2.00 bits per heavy atom. The second kappa shape index (κ2) is 11.2. The molecule has 0 bridgehead atoms. The SMILES string of the molecule is CN(CCN(C)C1CCC(OC(C(=O)O)(c2cccs2)c2cccs2)CC1)C(=O)OC(C)(C)C. The van der Waals surface area contributed by atoms with E-state index in [1.54, 1.807) is 11.9 Å². The number of rotatable bonds is 9. The Hall–Kier alpha value is -1.94. The molecule has 2 aromatic rings. The number of likely N-dealkylation sites (N-methyl/N-ethyl adjacent to an activating group) is 2. The zero-order chi connectivity index (χ0) is 24.9. The predicted molar refractivity (Wildman–Crippen MR) is 136 cm³/mol. The van der Waals surface area contributed by atoms with Gasteiger partial charge in [0.2, 0.25) is 5.60 Å². The summed E-state index contributed by atoms with van der Waals surface area (Å²) in [7, 11) is 3.83. The Morgan fingerprint density at radius 1 is 1.00 bits per heavy atom. The molecule has 188 valence electrons. The van der Waals surface area contributed by atoms with E-state index < -0.39 is 17.2 Å². The molecule has 0 radical (unpaired) electrons. The topological polar surface area (TPSA) is 79.3 Å². The van der Waals surface area contributed by atoms with Gasteiger partial charge in [0, 0.05) is 26.2 Å². The number of amides is 1. The van der Waals surface area contributed by atoms with Crippen molar-refractivity contribution in [2.24, 2.45) is 0 Å². The number of carboxylic acid groups (broad SMARTS) is 1. The van der Waals surface area contributed by atoms with Gasteiger partial charge in [-0.3, -0.25) is 0 Å². The Labute approximate surface area is 210 Å². The summed E-state index contributed by atoms with van der Waals surface area (Å²) in [6.07, 6.45) is 2.98. The molecule has 1 N–H and O–H groups in total. The first-order valence-corrected chi connectivity index (χ1v) is 13.4. The molecule has 0 saturated heterocycles. The molecule has 3 rings (SSSR count). The molecule has 0 atom stereocenters. The van der Waals surface area contributed by atoms with Crippen molar-refractivity contribution in [3.05, 3.63) is 44.8 Å². The number of hydrogen-bond acceptors (Lipinski definition) is 7. The van der Waals surface area contributed by atoms with E-state index in [-0.39, 0.29) is 12.2 Å². The van der Waals surface area contributed by atoms with Crippen molar-refractivity contribution in [3.8, 4) is 0 Å². The molecular formula is C25H36N2O5S2. The second-order valence-electron chi connectivity index (χ2n) is 9.87. The molecule has 0 aromatic carbocycles. The molecule has 2 aromatic heterocycles. The third-order valence-electron chi connectivity index (χ3n) is 6.14. The van der Waals surface area contributed by atoms with Gasteiger partial charge in [0.05, 0.1) is 15.9 Å². The Balaban J connectivity index is 1.57. The van der Waals surface area contributed by atoms with Gasteiger partial charge in [-0.05, 0) is 76.4 Å². The van der Waals surface area contributed by atoms with Gasteiger partial charge in [0.1, 0.15) is 5.60 Å². The fourth-order valence-electron chi connectivity index (χ4n) is 4.23. The smallest absolute Gasteiger partial charge is 0.410 e. The largest absolute Gasteiger partial charge is 0.479 e. The van der Waals surface area contributed by atoms with Gasteiger partial charge in [0.25, 0.3) is 0 Å². The Bertz CT molecular complexity index is 882. The fraction of sp³-hybridized carbons (Fsp3) is 0.600. The lowest BCUT2D eigenvalue weighted by Crippen LogP contribution is -2.45. The van der Waals surface area contributed by atoms with Crippen LogP contribution in [0.3, 0.4) is 0 Å². The van der Waals surface area contributed by atoms with E-state index >= 15 is 0 Å². The highest BCUT2D eigenvalue weighted by molar-refractivity contribution is 7.12. The second-order valence-corrected chi connectivity index (χ2v) is 11.8. The van der Waals surface area contributed by atoms with Gasteiger partial charge >= 0.3 is 12.1 Å². The third-order valence-corrected chi connectivity index (χ3v) is 8.08. The maximum atomic E-state index is 12.6. The molecule has 0 unspecified atom stereocenters. The number of thiophene rings is 2. The maximum Gasteiger partial charge on any atom is 0.410 e. The minimum Gasteiger partial charge on any atom is -0.479 e. The van der Waals surface area contributed by atoms with Crippen LogP contribution >= 0.6 is 22.7 Å². The van der Waals surface area contributed by atoms with Crippen LogP contribution in [0.4, 0.5) is 4.79 Å². The molecule has 2 heterocycles. The molecule has 34 heavy (non-hydrogen) atoms. The predicted octanol–water partition coefficient (Wildman–Crippen LogP) is 5.26. The molecule has 7 nitrogen and oxygen atoms in total. The number of hydrogen-bond donors (Lipinski definition) is 1. The molecule has 1 fully saturated rings. The van der Waals surface area contributed by atoms with E-state index in [0.29, 0.717) is 22.3 Å². The van der Waals surface area contributed by atoms with Crippen LogP contribution in [0, 0.1) is 0 Å². The zero-order valence-electron chi connectivity index (χ0n) is 20.7. The van der Waals surface area contributed by atoms with E-state index in [2.05, 4.69) is 11.9 Å². The molecule has 0 spiro atoms. The summed E-state index contributed by atoms with van der Waals surface area (Å²) in [6.45, 7) is 6.92. The first-order valence-electron chi connectivity index (χ1n) is 11.7. The number of carbonyl (C=O) groups is 2. The average Bonchev–Trinajstić information content (AvgIpc) is 3.49. The molecule has 1 aliphatic carbocycles. The third kappa shape index (κ3) is 6.38. The van der Waals surface area contributed by atoms with Crippen LogP contribution in [-0.4, -0.2) is 71.9 Å². The van der Waals surface area contributed by atoms with Crippen LogP contribution in [-0.2, 0) is 19.9 Å². The lowest BCUT2D eigenvalue weighted by molar-refractivity contribution is -0.170. The van der Waals surface area contributed by atoms with Gasteiger partial charge in [-0.25, -0.2) is 9.59 Å². The van der Waals surface area contributed by atoms with E-state index in [4.69, 9.17) is 9.47 Å². The average molecular weight is 509 g/mol. The van der Waals surface area contributed by atoms with E-state index in [1.807, 2.05) is 55.8 Å². The number of carbonyl (C=O) groups excluding carboxylic acids is 1. The van der Waals surface area contributed by atoms with Gasteiger partial charge in [-0.15, -0.1) is 22.7 Å². The lowest BCUT2D eigenvalue weighted by Gasteiger charge is -2.38. The highest BCUT2D eigenvalue weighted by atomic mass is 32.1. The lowest BCUT2D eigenvalue weighted by atomic mass is 9.90. The van der Waals surface area contributed by atoms with Crippen LogP contribution in [0.1, 0.15) is 56.2 Å². The number of nitrogens with zero attached hydrogens (tertiary/aromatic N) is 2. The Morgan fingerprint density at radius 2 is 1.56 bits per heavy atom. The maximum absolute atomic E-state index is 12.6. The summed E-state index contributed by atoms with van der Waals surface area (Å²) in [5, 5.41) is 14.1. The zero-order valence-corrected chi connectivity index (χ0v) is 22.3. The normalized spacial score (nSPS) is 19.2. The monoisotopic (exact) mass is 508 g/mol. The van der Waals surface area contributed by atoms with Gasteiger partial charge in [-0.2, -0.15) is 0 Å². The van der Waals surface area contributed by atoms with Crippen molar-refractivity contribution >= 4 is 34.7 Å². The number of carboxylic acids is 1. The standard InChI is InChI=1S/C25H36N2O5S2/c1-24(2,3)32-23(30)27(5)15-14-26(4)18-10-12-19(13-11-18)31-25(22(28)29,20-8-6-16-33-20)21-9-7-17-34-21/h6-9,16-19H,10-15H2,1-5H3,(H,28,29). The van der Waals surface area contributed by atoms with Crippen molar-refractivity contribution in [1.29, 1.82) is 0 Å². The summed E-state index contributed by atoms with van der Waals surface area (Å²) in [5.41, 5.74) is -1.96. The van der Waals surface area contributed by atoms with Crippen LogP contribution in [0.25, 0.3) is 0 Å². The molecule has 1 saturated carbocycles. The highest BCUT2D eigenvalue weighted by Gasteiger charge is 2.48. The van der Waals surface area contributed by atoms with Crippen molar-refractivity contribution in [3.63, 3.8) is 0 Å². The highest BCUT2D eigenvalue weighted by Crippen LogP contribution is 2.42. The quantitative estimate of drug-likeness (QED) is 0.497. The minimum absolute atomic E-state index is 0.130. The van der Waals surface area contributed by atoms with Gasteiger partial charge < -0.3 is 24.4 Å². The summed E-state index contributed by atoms with van der Waals surface area (Å²) >= 11 is 2.83. The minimum atomic E-state index is -1.46. The summed E-state index contributed by atoms with van der Waals surface area (Å²) in [4.78, 5) is 30.1. The van der Waals surface area contributed by atoms with Crippen LogP contribution < -0.4 is 0 Å². The molecule has 1 aliphatic rings. The fourth-order valence-corrected chi connectivity index (χ4v) is 6.04. The Kier molecular flexibility index (Phi) is 8.78. The van der Waals surface area contributed by atoms with E-state index in [1.165, 1.54) is 22.7 Å². The molecule has 1 amide bonds. The van der Waals surface area contributed by atoms with E-state index in [9.17, 15) is 14.7 Å². The van der Waals surface area contributed by atoms with Gasteiger partial charge in [-0.1, -0.05) is 12.1 Å². The molecule has 9 heteroatoms. The van der Waals surface area contributed by atoms with Crippen molar-refractivity contribution in [1.82, 2.24) is 9.80 Å². The summed E-state index contributed by atoms with van der Waals surface area (Å²) in [6, 6.07) is 7.80. The van der Waals surface area contributed by atoms with E-state index in [0.717, 1.165) is 32.2 Å². The van der Waals surface area contributed by atoms with Crippen molar-refractivity contribution in [2.45, 2.75) is 69.8 Å². The first kappa shape index (κ1) is 26.7. The van der Waals surface area contributed by atoms with Crippen LogP contribution in [0.15, 0.2) is 35.0 Å². The summed E-state index contributed by atoms with van der Waals surface area (Å²) < 4.78 is 11.9. The number of aliphatic carboxylic acids is 1. The van der Waals surface area contributed by atoms with Crippen molar-refractivity contribution in [2.75, 3.05) is 27.2 Å².